The molecule has 0 aliphatic rings. The monoisotopic (exact) mass is 319 g/mol. The number of ether oxygens (including phenoxy) is 1. The molecule has 2 aromatic carbocycles. The zero-order valence-corrected chi connectivity index (χ0v) is 14.3. The van der Waals surface area contributed by atoms with Crippen LogP contribution in [0.2, 0.25) is 0 Å². The normalized spacial score (nSPS) is 9.92. The van der Waals surface area contributed by atoms with Gasteiger partial charge in [-0.05, 0) is 31.4 Å². The van der Waals surface area contributed by atoms with Crippen LogP contribution in [0.25, 0.3) is 5.57 Å². The second kappa shape index (κ2) is 8.12. The maximum Gasteiger partial charge on any atom is 0.349 e. The van der Waals surface area contributed by atoms with Crippen LogP contribution in [0.5, 0.6) is 0 Å². The Balaban J connectivity index is 2.67. The molecular formula is C21H21NO2. The minimum Gasteiger partial charge on any atom is -0.462 e. The molecule has 0 aliphatic heterocycles. The van der Waals surface area contributed by atoms with Crippen molar-refractivity contribution >= 4 is 11.5 Å². The van der Waals surface area contributed by atoms with E-state index in [1.54, 1.807) is 0 Å². The van der Waals surface area contributed by atoms with Crippen LogP contribution in [-0.4, -0.2) is 12.6 Å². The van der Waals surface area contributed by atoms with Crippen LogP contribution in [0.1, 0.15) is 35.6 Å². The highest BCUT2D eigenvalue weighted by molar-refractivity contribution is 6.05. The molecule has 0 aromatic heterocycles. The summed E-state index contributed by atoms with van der Waals surface area (Å²) >= 11 is 0. The van der Waals surface area contributed by atoms with Crippen LogP contribution in [0.3, 0.4) is 0 Å². The average molecular weight is 319 g/mol. The van der Waals surface area contributed by atoms with E-state index in [9.17, 15) is 10.1 Å². The SMILES string of the molecule is CCCOC(=O)C(C#N)=C(c1cccc(C)c1)c1cccc(C)c1. The van der Waals surface area contributed by atoms with Crippen molar-refractivity contribution in [2.24, 2.45) is 0 Å². The molecule has 24 heavy (non-hydrogen) atoms. The largest absolute Gasteiger partial charge is 0.462 e. The fourth-order valence-corrected chi connectivity index (χ4v) is 2.53. The first-order valence-electron chi connectivity index (χ1n) is 8.02. The number of esters is 1. The number of rotatable bonds is 5. The number of benzene rings is 2. The van der Waals surface area contributed by atoms with Gasteiger partial charge in [-0.3, -0.25) is 0 Å². The molecule has 0 bridgehead atoms. The van der Waals surface area contributed by atoms with Gasteiger partial charge in [-0.25, -0.2) is 4.79 Å². The van der Waals surface area contributed by atoms with Crippen molar-refractivity contribution in [2.45, 2.75) is 27.2 Å². The summed E-state index contributed by atoms with van der Waals surface area (Å²) in [6, 6.07) is 17.6. The third-order valence-corrected chi connectivity index (χ3v) is 3.62. The molecule has 0 aliphatic carbocycles. The van der Waals surface area contributed by atoms with Gasteiger partial charge < -0.3 is 4.74 Å². The zero-order valence-electron chi connectivity index (χ0n) is 14.3. The zero-order chi connectivity index (χ0) is 17.5. The Bertz CT molecular complexity index is 765. The first kappa shape index (κ1) is 17.5. The first-order valence-corrected chi connectivity index (χ1v) is 8.02. The number of hydrogen-bond acceptors (Lipinski definition) is 3. The van der Waals surface area contributed by atoms with Gasteiger partial charge in [0.25, 0.3) is 0 Å². The molecule has 0 fully saturated rings. The first-order chi connectivity index (χ1) is 11.6. The number of carbonyl (C=O) groups excluding carboxylic acids is 1. The van der Waals surface area contributed by atoms with Gasteiger partial charge in [0, 0.05) is 5.57 Å². The predicted octanol–water partition coefficient (Wildman–Crippen LogP) is 4.58. The second-order valence-electron chi connectivity index (χ2n) is 5.74. The van der Waals surface area contributed by atoms with Crippen molar-refractivity contribution < 1.29 is 9.53 Å². The molecule has 2 rings (SSSR count). The molecule has 0 heterocycles. The Morgan fingerprint density at radius 3 is 2.00 bits per heavy atom. The van der Waals surface area contributed by atoms with E-state index in [0.717, 1.165) is 22.3 Å². The third kappa shape index (κ3) is 4.11. The van der Waals surface area contributed by atoms with E-state index >= 15 is 0 Å². The molecule has 122 valence electrons. The molecule has 0 saturated heterocycles. The smallest absolute Gasteiger partial charge is 0.349 e. The Morgan fingerprint density at radius 2 is 1.58 bits per heavy atom. The summed E-state index contributed by atoms with van der Waals surface area (Å²) in [5, 5.41) is 9.62. The molecule has 3 heteroatoms. The molecule has 0 saturated carbocycles. The molecule has 0 N–H and O–H groups in total. The lowest BCUT2D eigenvalue weighted by molar-refractivity contribution is -0.138. The van der Waals surface area contributed by atoms with Crippen LogP contribution in [0, 0.1) is 25.2 Å². The van der Waals surface area contributed by atoms with E-state index in [4.69, 9.17) is 4.74 Å². The third-order valence-electron chi connectivity index (χ3n) is 3.62. The van der Waals surface area contributed by atoms with Gasteiger partial charge in [-0.2, -0.15) is 5.26 Å². The summed E-state index contributed by atoms with van der Waals surface area (Å²) in [6.07, 6.45) is 0.717. The molecule has 0 radical (unpaired) electrons. The summed E-state index contributed by atoms with van der Waals surface area (Å²) in [7, 11) is 0. The Labute approximate surface area is 143 Å². The van der Waals surface area contributed by atoms with E-state index in [1.807, 2.05) is 69.3 Å². The summed E-state index contributed by atoms with van der Waals surface area (Å²) in [5.74, 6) is -0.572. The summed E-state index contributed by atoms with van der Waals surface area (Å²) in [4.78, 5) is 12.4. The molecular weight excluding hydrogens is 298 g/mol. The lowest BCUT2D eigenvalue weighted by Crippen LogP contribution is -2.10. The van der Waals surface area contributed by atoms with Crippen molar-refractivity contribution in [3.63, 3.8) is 0 Å². The fourth-order valence-electron chi connectivity index (χ4n) is 2.53. The van der Waals surface area contributed by atoms with Crippen LogP contribution < -0.4 is 0 Å². The van der Waals surface area contributed by atoms with Crippen LogP contribution in [0.4, 0.5) is 0 Å². The highest BCUT2D eigenvalue weighted by Gasteiger charge is 2.20. The Hall–Kier alpha value is -2.86. The number of hydrogen-bond donors (Lipinski definition) is 0. The van der Waals surface area contributed by atoms with Gasteiger partial charge in [-0.15, -0.1) is 0 Å². The van der Waals surface area contributed by atoms with E-state index in [-0.39, 0.29) is 5.57 Å². The second-order valence-corrected chi connectivity index (χ2v) is 5.74. The van der Waals surface area contributed by atoms with Gasteiger partial charge in [0.1, 0.15) is 11.6 Å². The van der Waals surface area contributed by atoms with E-state index in [0.29, 0.717) is 18.6 Å². The lowest BCUT2D eigenvalue weighted by atomic mass is 9.91. The highest BCUT2D eigenvalue weighted by atomic mass is 16.5. The van der Waals surface area contributed by atoms with Crippen molar-refractivity contribution in [3.8, 4) is 6.07 Å². The minimum absolute atomic E-state index is 0.0413. The Morgan fingerprint density at radius 1 is 1.04 bits per heavy atom. The number of carbonyl (C=O) groups is 1. The van der Waals surface area contributed by atoms with Gasteiger partial charge in [0.2, 0.25) is 0 Å². The summed E-state index contributed by atoms with van der Waals surface area (Å²) in [6.45, 7) is 6.20. The van der Waals surface area contributed by atoms with Crippen LogP contribution >= 0.6 is 0 Å². The summed E-state index contributed by atoms with van der Waals surface area (Å²) < 4.78 is 5.21. The summed E-state index contributed by atoms with van der Waals surface area (Å²) in [5.41, 5.74) is 4.47. The topological polar surface area (TPSA) is 50.1 Å². The van der Waals surface area contributed by atoms with Crippen LogP contribution in [-0.2, 0) is 9.53 Å². The van der Waals surface area contributed by atoms with Gasteiger partial charge >= 0.3 is 5.97 Å². The number of nitrogens with zero attached hydrogens (tertiary/aromatic N) is 1. The van der Waals surface area contributed by atoms with Crippen molar-refractivity contribution in [1.29, 1.82) is 5.26 Å². The van der Waals surface area contributed by atoms with Gasteiger partial charge in [0.15, 0.2) is 0 Å². The average Bonchev–Trinajstić information content (AvgIpc) is 2.57. The maximum absolute atomic E-state index is 12.4. The van der Waals surface area contributed by atoms with Crippen molar-refractivity contribution in [3.05, 3.63) is 76.4 Å². The number of aryl methyl sites for hydroxylation is 2. The molecule has 0 amide bonds. The predicted molar refractivity (Wildman–Crippen MR) is 95.2 cm³/mol. The Kier molecular flexibility index (Phi) is 5.92. The van der Waals surface area contributed by atoms with Crippen LogP contribution in [0.15, 0.2) is 54.1 Å². The standard InChI is InChI=1S/C21H21NO2/c1-4-11-24-21(23)19(14-22)20(17-9-5-7-15(2)12-17)18-10-6-8-16(3)13-18/h5-10,12-13H,4,11H2,1-3H3. The fraction of sp³-hybridized carbons (Fsp3) is 0.238. The molecule has 0 unspecified atom stereocenters. The molecule has 3 nitrogen and oxygen atoms in total. The van der Waals surface area contributed by atoms with E-state index in [1.165, 1.54) is 0 Å². The lowest BCUT2D eigenvalue weighted by Gasteiger charge is -2.13. The molecule has 0 spiro atoms. The maximum atomic E-state index is 12.4. The van der Waals surface area contributed by atoms with Crippen molar-refractivity contribution in [1.82, 2.24) is 0 Å². The quantitative estimate of drug-likeness (QED) is 0.460. The number of nitriles is 1. The van der Waals surface area contributed by atoms with Gasteiger partial charge in [0.05, 0.1) is 6.61 Å². The highest BCUT2D eigenvalue weighted by Crippen LogP contribution is 2.28. The minimum atomic E-state index is -0.572. The van der Waals surface area contributed by atoms with E-state index < -0.39 is 5.97 Å². The molecule has 2 aromatic rings. The van der Waals surface area contributed by atoms with Gasteiger partial charge in [-0.1, -0.05) is 66.6 Å². The molecule has 0 atom stereocenters. The van der Waals surface area contributed by atoms with Crippen molar-refractivity contribution in [2.75, 3.05) is 6.61 Å². The van der Waals surface area contributed by atoms with E-state index in [2.05, 4.69) is 6.07 Å².